The van der Waals surface area contributed by atoms with Gasteiger partial charge in [-0.25, -0.2) is 4.79 Å². The first-order chi connectivity index (χ1) is 11.1. The lowest BCUT2D eigenvalue weighted by molar-refractivity contribution is -0.156. The molecule has 0 unspecified atom stereocenters. The van der Waals surface area contributed by atoms with E-state index in [9.17, 15) is 14.7 Å². The molecule has 0 radical (unpaired) electrons. The number of fused-ring (bicyclic) bond motifs is 1. The summed E-state index contributed by atoms with van der Waals surface area (Å²) in [6, 6.07) is 8.44. The van der Waals surface area contributed by atoms with Crippen molar-refractivity contribution >= 4 is 17.6 Å². The van der Waals surface area contributed by atoms with Gasteiger partial charge in [0.15, 0.2) is 0 Å². The fraction of sp³-hybridized carbons (Fsp3) is 0.176. The van der Waals surface area contributed by atoms with Crippen LogP contribution in [0.3, 0.4) is 0 Å². The van der Waals surface area contributed by atoms with Crippen LogP contribution in [-0.4, -0.2) is 17.0 Å². The van der Waals surface area contributed by atoms with Gasteiger partial charge in [0.05, 0.1) is 18.4 Å². The van der Waals surface area contributed by atoms with Crippen molar-refractivity contribution in [2.24, 2.45) is 0 Å². The molecule has 2 N–H and O–H groups in total. The molecule has 6 nitrogen and oxygen atoms in total. The Morgan fingerprint density at radius 3 is 2.91 bits per heavy atom. The van der Waals surface area contributed by atoms with Gasteiger partial charge < -0.3 is 19.6 Å². The van der Waals surface area contributed by atoms with Crippen LogP contribution in [0, 0.1) is 0 Å². The molecule has 2 aromatic rings. The summed E-state index contributed by atoms with van der Waals surface area (Å²) in [7, 11) is 0. The van der Waals surface area contributed by atoms with Gasteiger partial charge in [0, 0.05) is 12.5 Å². The van der Waals surface area contributed by atoms with E-state index in [0.717, 1.165) is 5.76 Å². The molecule has 0 saturated carbocycles. The minimum atomic E-state index is -0.723. The van der Waals surface area contributed by atoms with Gasteiger partial charge in [0.2, 0.25) is 0 Å². The first-order valence-corrected chi connectivity index (χ1v) is 7.19. The lowest BCUT2D eigenvalue weighted by atomic mass is 10.1. The molecule has 23 heavy (non-hydrogen) atoms. The second-order valence-electron chi connectivity index (χ2n) is 5.09. The highest BCUT2D eigenvalue weighted by atomic mass is 16.6. The maximum atomic E-state index is 12.0. The van der Waals surface area contributed by atoms with Gasteiger partial charge in [-0.3, -0.25) is 4.79 Å². The molecule has 2 heterocycles. The second kappa shape index (κ2) is 6.39. The summed E-state index contributed by atoms with van der Waals surface area (Å²) in [6.45, 7) is 0. The molecule has 1 aromatic heterocycles. The van der Waals surface area contributed by atoms with Crippen LogP contribution in [0.15, 0.2) is 52.8 Å². The third-order valence-corrected chi connectivity index (χ3v) is 3.52. The van der Waals surface area contributed by atoms with Crippen molar-refractivity contribution in [3.05, 3.63) is 59.7 Å². The molecule has 0 spiro atoms. The summed E-state index contributed by atoms with van der Waals surface area (Å²) < 4.78 is 10.0. The molecule has 0 saturated heterocycles. The van der Waals surface area contributed by atoms with Crippen LogP contribution < -0.4 is 5.32 Å². The molecule has 1 aromatic carbocycles. The van der Waals surface area contributed by atoms with Crippen LogP contribution >= 0.6 is 0 Å². The van der Waals surface area contributed by atoms with E-state index in [1.807, 2.05) is 0 Å². The highest BCUT2D eigenvalue weighted by Gasteiger charge is 2.21. The maximum absolute atomic E-state index is 12.0. The number of carbonyl (C=O) groups excluding carboxylic acids is 2. The number of benzene rings is 1. The number of anilines is 1. The number of ether oxygens (including phenoxy) is 1. The first-order valence-electron chi connectivity index (χ1n) is 7.19. The summed E-state index contributed by atoms with van der Waals surface area (Å²) in [5.74, 6) is -0.513. The number of esters is 2. The van der Waals surface area contributed by atoms with E-state index in [4.69, 9.17) is 9.15 Å². The Balaban J connectivity index is 1.53. The minimum absolute atomic E-state index is 0.00749. The van der Waals surface area contributed by atoms with E-state index in [0.29, 0.717) is 24.1 Å². The Hall–Kier alpha value is -3.02. The molecule has 6 heteroatoms. The van der Waals surface area contributed by atoms with Crippen LogP contribution in [0.2, 0.25) is 0 Å². The van der Waals surface area contributed by atoms with Crippen LogP contribution in [0.5, 0.6) is 5.75 Å². The number of furan rings is 1. The molecular weight excluding hydrogens is 298 g/mol. The molecular formula is C17H15NO5. The summed E-state index contributed by atoms with van der Waals surface area (Å²) in [5, 5.41) is 12.5. The summed E-state index contributed by atoms with van der Waals surface area (Å²) >= 11 is 0. The fourth-order valence-corrected chi connectivity index (χ4v) is 2.30. The average Bonchev–Trinajstić information content (AvgIpc) is 3.01. The normalized spacial score (nSPS) is 12.8. The quantitative estimate of drug-likeness (QED) is 0.666. The van der Waals surface area contributed by atoms with Crippen LogP contribution in [-0.2, 0) is 27.2 Å². The smallest absolute Gasteiger partial charge is 0.362 e. The third-order valence-electron chi connectivity index (χ3n) is 3.52. The Kier molecular flexibility index (Phi) is 4.14. The number of hydrogen-bond acceptors (Lipinski definition) is 6. The van der Waals surface area contributed by atoms with E-state index >= 15 is 0 Å². The SMILES string of the molecule is O=C(CCc1ccccc1O)OC(=O)C1=CCc2occc2N1. The van der Waals surface area contributed by atoms with Crippen LogP contribution in [0.4, 0.5) is 5.69 Å². The van der Waals surface area contributed by atoms with Crippen LogP contribution in [0.25, 0.3) is 0 Å². The number of aromatic hydroxyl groups is 1. The monoisotopic (exact) mass is 313 g/mol. The largest absolute Gasteiger partial charge is 0.508 e. The highest BCUT2D eigenvalue weighted by molar-refractivity contribution is 5.99. The predicted octanol–water partition coefficient (Wildman–Crippen LogP) is 2.54. The number of phenolic OH excluding ortho intramolecular Hbond substituents is 1. The Morgan fingerprint density at radius 2 is 2.09 bits per heavy atom. The minimum Gasteiger partial charge on any atom is -0.508 e. The zero-order chi connectivity index (χ0) is 16.2. The standard InChI is InChI=1S/C17H15NO5/c19-14-4-2-1-3-11(14)5-8-16(20)23-17(21)13-6-7-15-12(18-13)9-10-22-15/h1-4,6,9-10,18-19H,5,7-8H2. The third kappa shape index (κ3) is 3.42. The average molecular weight is 313 g/mol. The molecule has 1 aliphatic rings. The van der Waals surface area contributed by atoms with Gasteiger partial charge in [-0.2, -0.15) is 0 Å². The van der Waals surface area contributed by atoms with Crippen molar-refractivity contribution < 1.29 is 23.8 Å². The number of carbonyl (C=O) groups is 2. The summed E-state index contributed by atoms with van der Waals surface area (Å²) in [4.78, 5) is 23.7. The highest BCUT2D eigenvalue weighted by Crippen LogP contribution is 2.24. The predicted molar refractivity (Wildman–Crippen MR) is 81.6 cm³/mol. The lowest BCUT2D eigenvalue weighted by Gasteiger charge is -2.13. The van der Waals surface area contributed by atoms with E-state index in [1.165, 1.54) is 6.26 Å². The van der Waals surface area contributed by atoms with Crippen molar-refractivity contribution in [2.75, 3.05) is 5.32 Å². The van der Waals surface area contributed by atoms with E-state index in [-0.39, 0.29) is 17.9 Å². The number of phenols is 1. The molecule has 118 valence electrons. The Bertz CT molecular complexity index is 775. The van der Waals surface area contributed by atoms with Crippen molar-refractivity contribution in [3.63, 3.8) is 0 Å². The van der Waals surface area contributed by atoms with Gasteiger partial charge >= 0.3 is 11.9 Å². The molecule has 0 atom stereocenters. The zero-order valence-corrected chi connectivity index (χ0v) is 12.2. The number of aryl methyl sites for hydroxylation is 1. The maximum Gasteiger partial charge on any atom is 0.362 e. The number of hydrogen-bond donors (Lipinski definition) is 2. The van der Waals surface area contributed by atoms with Gasteiger partial charge in [-0.1, -0.05) is 18.2 Å². The van der Waals surface area contributed by atoms with Crippen molar-refractivity contribution in [1.29, 1.82) is 0 Å². The van der Waals surface area contributed by atoms with E-state index < -0.39 is 11.9 Å². The zero-order valence-electron chi connectivity index (χ0n) is 12.2. The number of allylic oxidation sites excluding steroid dienone is 1. The molecule has 3 rings (SSSR count). The fourth-order valence-electron chi connectivity index (χ4n) is 2.30. The van der Waals surface area contributed by atoms with Gasteiger partial charge in [-0.05, 0) is 24.1 Å². The van der Waals surface area contributed by atoms with E-state index in [2.05, 4.69) is 5.32 Å². The Labute approximate surface area is 132 Å². The van der Waals surface area contributed by atoms with Crippen molar-refractivity contribution in [1.82, 2.24) is 0 Å². The van der Waals surface area contributed by atoms with Gasteiger partial charge in [0.1, 0.15) is 17.2 Å². The molecule has 0 bridgehead atoms. The molecule has 0 aliphatic carbocycles. The molecule has 0 fully saturated rings. The number of rotatable bonds is 4. The van der Waals surface area contributed by atoms with Gasteiger partial charge in [0.25, 0.3) is 0 Å². The lowest BCUT2D eigenvalue weighted by Crippen LogP contribution is -2.21. The number of para-hydroxylation sites is 1. The van der Waals surface area contributed by atoms with Gasteiger partial charge in [-0.15, -0.1) is 0 Å². The Morgan fingerprint density at radius 1 is 1.26 bits per heavy atom. The number of nitrogens with one attached hydrogen (secondary N) is 1. The molecule has 0 amide bonds. The van der Waals surface area contributed by atoms with Crippen molar-refractivity contribution in [3.8, 4) is 5.75 Å². The first kappa shape index (κ1) is 14.9. The topological polar surface area (TPSA) is 88.8 Å². The van der Waals surface area contributed by atoms with Crippen LogP contribution in [0.1, 0.15) is 17.7 Å². The second-order valence-corrected chi connectivity index (χ2v) is 5.09. The summed E-state index contributed by atoms with van der Waals surface area (Å²) in [5.41, 5.74) is 1.55. The van der Waals surface area contributed by atoms with Crippen molar-refractivity contribution in [2.45, 2.75) is 19.3 Å². The van der Waals surface area contributed by atoms with E-state index in [1.54, 1.807) is 36.4 Å². The summed E-state index contributed by atoms with van der Waals surface area (Å²) in [6.07, 6.45) is 3.91. The molecule has 1 aliphatic heterocycles.